The van der Waals surface area contributed by atoms with Crippen molar-refractivity contribution in [3.05, 3.63) is 64.5 Å². The highest BCUT2D eigenvalue weighted by atomic mass is 19.2. The van der Waals surface area contributed by atoms with E-state index in [-0.39, 0.29) is 36.6 Å². The zero-order chi connectivity index (χ0) is 18.7. The summed E-state index contributed by atoms with van der Waals surface area (Å²) in [5, 5.41) is 9.08. The van der Waals surface area contributed by atoms with Crippen LogP contribution < -0.4 is 4.74 Å². The molecule has 0 aliphatic heterocycles. The van der Waals surface area contributed by atoms with Crippen LogP contribution in [0.5, 0.6) is 5.75 Å². The second-order valence-corrected chi connectivity index (χ2v) is 6.78. The number of aliphatic hydroxyl groups is 1. The first-order chi connectivity index (χ1) is 12.5. The van der Waals surface area contributed by atoms with Gasteiger partial charge in [0.2, 0.25) is 5.82 Å². The molecule has 140 valence electrons. The molecule has 1 N–H and O–H groups in total. The van der Waals surface area contributed by atoms with Crippen LogP contribution >= 0.6 is 0 Å². The second kappa shape index (κ2) is 8.12. The van der Waals surface area contributed by atoms with Crippen molar-refractivity contribution in [3.8, 4) is 5.75 Å². The molecule has 1 aliphatic carbocycles. The first kappa shape index (κ1) is 18.8. The smallest absolute Gasteiger partial charge is 0.200 e. The Morgan fingerprint density at radius 1 is 0.923 bits per heavy atom. The summed E-state index contributed by atoms with van der Waals surface area (Å²) in [6, 6.07) is 7.90. The molecule has 0 bridgehead atoms. The summed E-state index contributed by atoms with van der Waals surface area (Å²) in [6.07, 6.45) is 2.79. The maximum atomic E-state index is 14.4. The van der Waals surface area contributed by atoms with Gasteiger partial charge in [-0.3, -0.25) is 0 Å². The Morgan fingerprint density at radius 3 is 2.12 bits per heavy atom. The number of benzene rings is 2. The molecule has 3 rings (SSSR count). The minimum Gasteiger partial charge on any atom is -0.491 e. The molecule has 0 amide bonds. The molecule has 26 heavy (non-hydrogen) atoms. The van der Waals surface area contributed by atoms with Crippen LogP contribution in [0.25, 0.3) is 0 Å². The van der Waals surface area contributed by atoms with Gasteiger partial charge in [0.1, 0.15) is 5.82 Å². The Hall–Kier alpha value is -2.01. The third-order valence-electron chi connectivity index (χ3n) is 5.23. The molecule has 0 saturated heterocycles. The molecule has 0 spiro atoms. The Labute approximate surface area is 151 Å². The quantitative estimate of drug-likeness (QED) is 0.766. The fourth-order valence-electron chi connectivity index (χ4n) is 3.84. The van der Waals surface area contributed by atoms with E-state index in [9.17, 15) is 13.2 Å². The number of rotatable bonds is 5. The summed E-state index contributed by atoms with van der Waals surface area (Å²) in [5.74, 6) is -2.15. The van der Waals surface area contributed by atoms with Gasteiger partial charge in [0, 0.05) is 0 Å². The van der Waals surface area contributed by atoms with Gasteiger partial charge in [0.25, 0.3) is 0 Å². The van der Waals surface area contributed by atoms with Gasteiger partial charge < -0.3 is 9.84 Å². The van der Waals surface area contributed by atoms with Crippen LogP contribution in [-0.4, -0.2) is 11.7 Å². The summed E-state index contributed by atoms with van der Waals surface area (Å²) in [4.78, 5) is 0. The predicted molar refractivity (Wildman–Crippen MR) is 93.8 cm³/mol. The van der Waals surface area contributed by atoms with Gasteiger partial charge >= 0.3 is 0 Å². The number of hydrogen-bond acceptors (Lipinski definition) is 2. The third kappa shape index (κ3) is 3.73. The largest absolute Gasteiger partial charge is 0.491 e. The Kier molecular flexibility index (Phi) is 5.87. The minimum absolute atomic E-state index is 0.0616. The van der Waals surface area contributed by atoms with E-state index in [4.69, 9.17) is 9.84 Å². The van der Waals surface area contributed by atoms with Crippen LogP contribution in [0.2, 0.25) is 0 Å². The van der Waals surface area contributed by atoms with Crippen molar-refractivity contribution in [2.75, 3.05) is 6.61 Å². The predicted octanol–water partition coefficient (Wildman–Crippen LogP) is 5.44. The molecular formula is C21H23F3O2. The highest BCUT2D eigenvalue weighted by molar-refractivity contribution is 5.34. The number of aliphatic hydroxyl groups excluding tert-OH is 1. The normalized spacial score (nSPS) is 20.2. The van der Waals surface area contributed by atoms with E-state index in [1.165, 1.54) is 12.1 Å². The van der Waals surface area contributed by atoms with Crippen LogP contribution in [0, 0.1) is 17.5 Å². The Balaban J connectivity index is 1.72. The summed E-state index contributed by atoms with van der Waals surface area (Å²) in [7, 11) is 0. The van der Waals surface area contributed by atoms with Gasteiger partial charge in [-0.1, -0.05) is 18.2 Å². The van der Waals surface area contributed by atoms with Crippen molar-refractivity contribution < 1.29 is 23.0 Å². The summed E-state index contributed by atoms with van der Waals surface area (Å²) < 4.78 is 47.8. The van der Waals surface area contributed by atoms with E-state index in [1.54, 1.807) is 25.1 Å². The maximum Gasteiger partial charge on any atom is 0.200 e. The third-order valence-corrected chi connectivity index (χ3v) is 5.23. The lowest BCUT2D eigenvalue weighted by Gasteiger charge is -2.29. The number of hydrogen-bond donors (Lipinski definition) is 1. The van der Waals surface area contributed by atoms with Crippen LogP contribution in [0.4, 0.5) is 13.2 Å². The SMILES string of the molecule is CCOc1ccc(C2CCC(c3ccc(CO)cc3F)CC2)c(F)c1F. The standard InChI is InChI=1S/C21H23F3O2/c1-2-26-19-10-9-17(20(23)21(19)24)15-6-4-14(5-7-15)16-8-3-13(12-25)11-18(16)22/h3,8-11,14-15,25H,2,4-7,12H2,1H3. The molecule has 0 radical (unpaired) electrons. The molecule has 0 aromatic heterocycles. The molecular weight excluding hydrogens is 341 g/mol. The van der Waals surface area contributed by atoms with Gasteiger partial charge in [0.05, 0.1) is 13.2 Å². The summed E-state index contributed by atoms with van der Waals surface area (Å²) in [5.41, 5.74) is 1.56. The zero-order valence-electron chi connectivity index (χ0n) is 14.8. The molecule has 0 unspecified atom stereocenters. The zero-order valence-corrected chi connectivity index (χ0v) is 14.8. The lowest BCUT2D eigenvalue weighted by Crippen LogP contribution is -2.15. The van der Waals surface area contributed by atoms with Crippen molar-refractivity contribution in [1.82, 2.24) is 0 Å². The van der Waals surface area contributed by atoms with Gasteiger partial charge in [0.15, 0.2) is 11.6 Å². The molecule has 2 aromatic carbocycles. The van der Waals surface area contributed by atoms with Gasteiger partial charge in [-0.2, -0.15) is 4.39 Å². The van der Waals surface area contributed by atoms with Gasteiger partial charge in [-0.25, -0.2) is 8.78 Å². The fourth-order valence-corrected chi connectivity index (χ4v) is 3.84. The maximum absolute atomic E-state index is 14.4. The van der Waals surface area contributed by atoms with Crippen molar-refractivity contribution >= 4 is 0 Å². The van der Waals surface area contributed by atoms with E-state index in [1.807, 2.05) is 0 Å². The van der Waals surface area contributed by atoms with E-state index >= 15 is 0 Å². The molecule has 2 nitrogen and oxygen atoms in total. The van der Waals surface area contributed by atoms with Crippen LogP contribution in [-0.2, 0) is 6.61 Å². The van der Waals surface area contributed by atoms with Crippen molar-refractivity contribution in [2.24, 2.45) is 0 Å². The monoisotopic (exact) mass is 364 g/mol. The second-order valence-electron chi connectivity index (χ2n) is 6.78. The minimum atomic E-state index is -0.933. The lowest BCUT2D eigenvalue weighted by atomic mass is 9.76. The van der Waals surface area contributed by atoms with E-state index in [0.29, 0.717) is 42.4 Å². The molecule has 5 heteroatoms. The van der Waals surface area contributed by atoms with Crippen molar-refractivity contribution in [2.45, 2.75) is 51.0 Å². The Bertz CT molecular complexity index is 768. The Morgan fingerprint density at radius 2 is 1.54 bits per heavy atom. The van der Waals surface area contributed by atoms with Gasteiger partial charge in [-0.05, 0) is 73.3 Å². The average molecular weight is 364 g/mol. The average Bonchev–Trinajstić information content (AvgIpc) is 2.66. The van der Waals surface area contributed by atoms with E-state index in [2.05, 4.69) is 0 Å². The molecule has 0 heterocycles. The van der Waals surface area contributed by atoms with E-state index < -0.39 is 11.6 Å². The van der Waals surface area contributed by atoms with Crippen molar-refractivity contribution in [3.63, 3.8) is 0 Å². The summed E-state index contributed by atoms with van der Waals surface area (Å²) in [6.45, 7) is 1.81. The number of ether oxygens (including phenoxy) is 1. The van der Waals surface area contributed by atoms with Gasteiger partial charge in [-0.15, -0.1) is 0 Å². The topological polar surface area (TPSA) is 29.5 Å². The van der Waals surface area contributed by atoms with Crippen LogP contribution in [0.3, 0.4) is 0 Å². The van der Waals surface area contributed by atoms with E-state index in [0.717, 1.165) is 0 Å². The lowest BCUT2D eigenvalue weighted by molar-refractivity contribution is 0.281. The molecule has 1 saturated carbocycles. The molecule has 1 fully saturated rings. The summed E-state index contributed by atoms with van der Waals surface area (Å²) >= 11 is 0. The van der Waals surface area contributed by atoms with Crippen LogP contribution in [0.15, 0.2) is 30.3 Å². The first-order valence-electron chi connectivity index (χ1n) is 9.05. The molecule has 1 aliphatic rings. The van der Waals surface area contributed by atoms with Crippen molar-refractivity contribution in [1.29, 1.82) is 0 Å². The number of halogens is 3. The molecule has 0 atom stereocenters. The first-order valence-corrected chi connectivity index (χ1v) is 9.05. The fraction of sp³-hybridized carbons (Fsp3) is 0.429. The van der Waals surface area contributed by atoms with Crippen LogP contribution in [0.1, 0.15) is 61.1 Å². The molecule has 2 aromatic rings. The highest BCUT2D eigenvalue weighted by Crippen LogP contribution is 2.42. The highest BCUT2D eigenvalue weighted by Gasteiger charge is 2.28.